The van der Waals surface area contributed by atoms with Gasteiger partial charge in [-0.3, -0.25) is 0 Å². The zero-order chi connectivity index (χ0) is 17.8. The summed E-state index contributed by atoms with van der Waals surface area (Å²) in [5.41, 5.74) is 2.00. The fourth-order valence-electron chi connectivity index (χ4n) is 3.60. The number of halogens is 2. The Morgan fingerprint density at radius 2 is 1.48 bits per heavy atom. The summed E-state index contributed by atoms with van der Waals surface area (Å²) in [6.45, 7) is 4.16. The first-order valence-electron chi connectivity index (χ1n) is 9.27. The summed E-state index contributed by atoms with van der Waals surface area (Å²) in [5, 5.41) is 0. The van der Waals surface area contributed by atoms with Gasteiger partial charge in [0.05, 0.1) is 0 Å². The molecule has 0 aliphatic heterocycles. The molecule has 134 valence electrons. The third kappa shape index (κ3) is 4.20. The monoisotopic (exact) mass is 344 g/mol. The summed E-state index contributed by atoms with van der Waals surface area (Å²) in [6, 6.07) is 11.3. The average Bonchev–Trinajstić information content (AvgIpc) is 2.64. The lowest BCUT2D eigenvalue weighted by Crippen LogP contribution is -2.10. The lowest BCUT2D eigenvalue weighted by atomic mass is 9.79. The number of benzene rings is 2. The Morgan fingerprint density at radius 1 is 0.880 bits per heavy atom. The van der Waals surface area contributed by atoms with Gasteiger partial charge in [0.2, 0.25) is 0 Å². The molecule has 0 spiro atoms. The van der Waals surface area contributed by atoms with Crippen molar-refractivity contribution in [3.63, 3.8) is 0 Å². The van der Waals surface area contributed by atoms with E-state index in [1.807, 2.05) is 19.1 Å². The second-order valence-corrected chi connectivity index (χ2v) is 7.18. The molecular weight excluding hydrogens is 318 g/mol. The third-order valence-corrected chi connectivity index (χ3v) is 5.38. The quantitative estimate of drug-likeness (QED) is 0.610. The van der Waals surface area contributed by atoms with E-state index < -0.39 is 11.6 Å². The van der Waals surface area contributed by atoms with Crippen molar-refractivity contribution in [3.8, 4) is 5.75 Å². The van der Waals surface area contributed by atoms with Gasteiger partial charge in [-0.1, -0.05) is 51.0 Å². The fraction of sp³-hybridized carbons (Fsp3) is 0.455. The van der Waals surface area contributed by atoms with Crippen molar-refractivity contribution in [2.24, 2.45) is 5.92 Å². The van der Waals surface area contributed by atoms with Crippen molar-refractivity contribution in [1.82, 2.24) is 0 Å². The van der Waals surface area contributed by atoms with Crippen molar-refractivity contribution in [1.29, 1.82) is 0 Å². The second-order valence-electron chi connectivity index (χ2n) is 7.18. The van der Waals surface area contributed by atoms with Gasteiger partial charge in [-0.15, -0.1) is 0 Å². The molecule has 2 aromatic carbocycles. The minimum absolute atomic E-state index is 0.0348. The first-order chi connectivity index (χ1) is 12.1. The van der Waals surface area contributed by atoms with Crippen molar-refractivity contribution < 1.29 is 13.5 Å². The van der Waals surface area contributed by atoms with E-state index in [4.69, 9.17) is 4.74 Å². The lowest BCUT2D eigenvalue weighted by molar-refractivity contribution is 0.296. The minimum Gasteiger partial charge on any atom is -0.489 e. The van der Waals surface area contributed by atoms with Crippen molar-refractivity contribution in [2.75, 3.05) is 0 Å². The van der Waals surface area contributed by atoms with Crippen LogP contribution in [0, 0.1) is 17.6 Å². The molecule has 2 aromatic rings. The standard InChI is InChI=1S/C22H26F2O/c1-3-16-8-9-19(22(24)21(16)23)14-25-20-12-10-18(11-13-20)17-6-4-15(2)5-7-17/h8-13,15,17H,3-7,14H2,1-2H3. The highest BCUT2D eigenvalue weighted by molar-refractivity contribution is 5.31. The van der Waals surface area contributed by atoms with Gasteiger partial charge in [-0.05, 0) is 54.4 Å². The largest absolute Gasteiger partial charge is 0.489 e. The molecular formula is C22H26F2O. The molecule has 0 unspecified atom stereocenters. The molecule has 0 saturated heterocycles. The van der Waals surface area contributed by atoms with Crippen LogP contribution in [0.1, 0.15) is 62.1 Å². The highest BCUT2D eigenvalue weighted by atomic mass is 19.2. The van der Waals surface area contributed by atoms with Crippen LogP contribution in [0.2, 0.25) is 0 Å². The van der Waals surface area contributed by atoms with Crippen LogP contribution >= 0.6 is 0 Å². The van der Waals surface area contributed by atoms with Crippen LogP contribution in [0.15, 0.2) is 36.4 Å². The van der Waals surface area contributed by atoms with E-state index in [1.54, 1.807) is 12.1 Å². The van der Waals surface area contributed by atoms with E-state index >= 15 is 0 Å². The Kier molecular flexibility index (Phi) is 5.72. The lowest BCUT2D eigenvalue weighted by Gasteiger charge is -2.26. The van der Waals surface area contributed by atoms with Crippen LogP contribution in [-0.2, 0) is 13.0 Å². The van der Waals surface area contributed by atoms with Gasteiger partial charge in [0.15, 0.2) is 11.6 Å². The van der Waals surface area contributed by atoms with Crippen LogP contribution in [0.4, 0.5) is 8.78 Å². The third-order valence-electron chi connectivity index (χ3n) is 5.38. The zero-order valence-electron chi connectivity index (χ0n) is 15.0. The van der Waals surface area contributed by atoms with E-state index in [1.165, 1.54) is 31.2 Å². The summed E-state index contributed by atoms with van der Waals surface area (Å²) >= 11 is 0. The van der Waals surface area contributed by atoms with Gasteiger partial charge in [0.25, 0.3) is 0 Å². The molecule has 3 rings (SSSR count). The van der Waals surface area contributed by atoms with Gasteiger partial charge >= 0.3 is 0 Å². The van der Waals surface area contributed by atoms with E-state index in [0.717, 1.165) is 5.92 Å². The molecule has 1 saturated carbocycles. The van der Waals surface area contributed by atoms with Gasteiger partial charge in [0, 0.05) is 5.56 Å². The van der Waals surface area contributed by atoms with Crippen LogP contribution in [-0.4, -0.2) is 0 Å². The maximum Gasteiger partial charge on any atom is 0.165 e. The number of hydrogen-bond acceptors (Lipinski definition) is 1. The number of aryl methyl sites for hydroxylation is 1. The molecule has 1 nitrogen and oxygen atoms in total. The first kappa shape index (κ1) is 17.9. The van der Waals surface area contributed by atoms with Crippen LogP contribution in [0.5, 0.6) is 5.75 Å². The van der Waals surface area contributed by atoms with E-state index in [9.17, 15) is 8.78 Å². The Bertz CT molecular complexity index is 701. The molecule has 1 aliphatic carbocycles. The molecule has 0 bridgehead atoms. The summed E-state index contributed by atoms with van der Waals surface area (Å²) in [7, 11) is 0. The normalized spacial score (nSPS) is 20.5. The number of hydrogen-bond donors (Lipinski definition) is 0. The molecule has 0 radical (unpaired) electrons. The Balaban J connectivity index is 1.62. The predicted octanol–water partition coefficient (Wildman–Crippen LogP) is 6.40. The SMILES string of the molecule is CCc1ccc(COc2ccc(C3CCC(C)CC3)cc2)c(F)c1F. The van der Waals surface area contributed by atoms with Crippen LogP contribution in [0.25, 0.3) is 0 Å². The first-order valence-corrected chi connectivity index (χ1v) is 9.27. The summed E-state index contributed by atoms with van der Waals surface area (Å²) < 4.78 is 33.5. The number of ether oxygens (including phenoxy) is 1. The van der Waals surface area contributed by atoms with Gasteiger partial charge in [-0.2, -0.15) is 0 Å². The zero-order valence-corrected chi connectivity index (χ0v) is 15.0. The van der Waals surface area contributed by atoms with E-state index in [2.05, 4.69) is 19.1 Å². The molecule has 0 N–H and O–H groups in total. The molecule has 0 aromatic heterocycles. The fourth-order valence-corrected chi connectivity index (χ4v) is 3.60. The molecule has 0 amide bonds. The van der Waals surface area contributed by atoms with E-state index in [0.29, 0.717) is 23.7 Å². The predicted molar refractivity (Wildman–Crippen MR) is 96.9 cm³/mol. The van der Waals surface area contributed by atoms with Crippen molar-refractivity contribution in [2.45, 2.75) is 58.5 Å². The van der Waals surface area contributed by atoms with Crippen molar-refractivity contribution >= 4 is 0 Å². The summed E-state index contributed by atoms with van der Waals surface area (Å²) in [6.07, 6.45) is 5.56. The summed E-state index contributed by atoms with van der Waals surface area (Å²) in [4.78, 5) is 0. The number of rotatable bonds is 5. The maximum absolute atomic E-state index is 14.0. The Labute approximate surface area is 149 Å². The highest BCUT2D eigenvalue weighted by Crippen LogP contribution is 2.36. The highest BCUT2D eigenvalue weighted by Gasteiger charge is 2.19. The molecule has 0 heterocycles. The van der Waals surface area contributed by atoms with Crippen LogP contribution in [0.3, 0.4) is 0 Å². The Morgan fingerprint density at radius 3 is 2.12 bits per heavy atom. The molecule has 25 heavy (non-hydrogen) atoms. The van der Waals surface area contributed by atoms with E-state index in [-0.39, 0.29) is 12.2 Å². The molecule has 1 fully saturated rings. The smallest absolute Gasteiger partial charge is 0.165 e. The van der Waals surface area contributed by atoms with Crippen LogP contribution < -0.4 is 4.74 Å². The average molecular weight is 344 g/mol. The van der Waals surface area contributed by atoms with Crippen molar-refractivity contribution in [3.05, 3.63) is 64.7 Å². The van der Waals surface area contributed by atoms with Gasteiger partial charge in [0.1, 0.15) is 12.4 Å². The second kappa shape index (κ2) is 7.99. The maximum atomic E-state index is 14.0. The Hall–Kier alpha value is -1.90. The topological polar surface area (TPSA) is 9.23 Å². The van der Waals surface area contributed by atoms with Gasteiger partial charge in [-0.25, -0.2) is 8.78 Å². The summed E-state index contributed by atoms with van der Waals surface area (Å²) in [5.74, 6) is 0.608. The van der Waals surface area contributed by atoms with Gasteiger partial charge < -0.3 is 4.74 Å². The molecule has 1 aliphatic rings. The molecule has 0 atom stereocenters. The molecule has 3 heteroatoms. The minimum atomic E-state index is -0.799.